The number of hydrogen-bond acceptors (Lipinski definition) is 6. The zero-order chi connectivity index (χ0) is 25.6. The van der Waals surface area contributed by atoms with Crippen molar-refractivity contribution in [1.29, 1.82) is 0 Å². The van der Waals surface area contributed by atoms with Crippen LogP contribution in [-0.4, -0.2) is 26.2 Å². The van der Waals surface area contributed by atoms with E-state index in [-0.39, 0.29) is 0 Å². The van der Waals surface area contributed by atoms with E-state index in [2.05, 4.69) is 27.1 Å². The first-order valence-corrected chi connectivity index (χ1v) is 13.8. The lowest BCUT2D eigenvalue weighted by Crippen LogP contribution is -2.06. The number of hydrogen-bond donors (Lipinski definition) is 3. The van der Waals surface area contributed by atoms with Crippen LogP contribution < -0.4 is 11.5 Å². The first kappa shape index (κ1) is 25.2. The summed E-state index contributed by atoms with van der Waals surface area (Å²) in [4.78, 5) is 27.2. The summed E-state index contributed by atoms with van der Waals surface area (Å²) in [5.41, 5.74) is 19.1. The fourth-order valence-corrected chi connectivity index (χ4v) is 5.75. The largest absolute Gasteiger partial charge is 0.396 e. The lowest BCUT2D eigenvalue weighted by molar-refractivity contribution is -0.111. The molecular formula is C30H38N6O. The number of carbonyl (C=O) groups is 1. The Balaban J connectivity index is 0.000000126. The summed E-state index contributed by atoms with van der Waals surface area (Å²) < 4.78 is 0. The van der Waals surface area contributed by atoms with E-state index in [1.165, 1.54) is 68.4 Å². The summed E-state index contributed by atoms with van der Waals surface area (Å²) in [5, 5.41) is 0. The maximum Gasteiger partial charge on any atom is 0.123 e. The molecule has 4 aliphatic rings. The minimum Gasteiger partial charge on any atom is -0.396 e. The van der Waals surface area contributed by atoms with Crippen LogP contribution in [0.5, 0.6) is 0 Å². The summed E-state index contributed by atoms with van der Waals surface area (Å²) in [5.74, 6) is 2.22. The number of nitrogens with zero attached hydrogens (tertiary/aromatic N) is 3. The summed E-state index contributed by atoms with van der Waals surface area (Å²) in [6.07, 6.45) is 27.6. The second-order valence-electron chi connectivity index (χ2n) is 10.6. The van der Waals surface area contributed by atoms with Crippen molar-refractivity contribution in [2.45, 2.75) is 83.0 Å². The zero-order valence-corrected chi connectivity index (χ0v) is 21.6. The smallest absolute Gasteiger partial charge is 0.123 e. The first-order chi connectivity index (χ1) is 18.1. The van der Waals surface area contributed by atoms with Gasteiger partial charge in [-0.1, -0.05) is 62.8 Å². The molecule has 0 atom stereocenters. The molecule has 2 fully saturated rings. The molecule has 0 bridgehead atoms. The summed E-state index contributed by atoms with van der Waals surface area (Å²) in [6, 6.07) is 0. The number of nitrogens with one attached hydrogen (secondary N) is 1. The molecule has 0 radical (unpaired) electrons. The Morgan fingerprint density at radius 3 is 2.11 bits per heavy atom. The van der Waals surface area contributed by atoms with Crippen LogP contribution in [0.2, 0.25) is 0 Å². The van der Waals surface area contributed by atoms with Gasteiger partial charge < -0.3 is 21.2 Å². The summed E-state index contributed by atoms with van der Waals surface area (Å²) >= 11 is 0. The minimum atomic E-state index is 0.406. The number of rotatable bonds is 2. The molecule has 2 saturated carbocycles. The van der Waals surface area contributed by atoms with Gasteiger partial charge in [0, 0.05) is 35.8 Å². The van der Waals surface area contributed by atoms with Gasteiger partial charge in [0.25, 0.3) is 0 Å². The normalized spacial score (nSPS) is 18.5. The number of H-pyrrole nitrogens is 1. The zero-order valence-electron chi connectivity index (χ0n) is 21.6. The Labute approximate surface area is 218 Å². The molecule has 5 N–H and O–H groups in total. The highest BCUT2D eigenvalue weighted by Gasteiger charge is 2.21. The van der Waals surface area contributed by atoms with E-state index in [1.807, 2.05) is 18.3 Å². The van der Waals surface area contributed by atoms with Crippen molar-refractivity contribution in [2.24, 2.45) is 5.92 Å². The average Bonchev–Trinajstić information content (AvgIpc) is 3.71. The standard InChI is InChI=1S/C15H17N3.C8H9N3.C7H12O/c1-2-5-10(6-3-1)15-17-13-9-16-12-8-4-7-11(12)14(13)18-15;9-6-4-11-7-3-1-2-5(7)8(6)10;8-6-7-4-2-1-3-5-7/h4,7,9-10H,1-3,5-6,8H2,(H,17,18);1-2,4H,3,9H2,(H2,10,11);6-7H,1-5H2. The van der Waals surface area contributed by atoms with Crippen LogP contribution >= 0.6 is 0 Å². The number of nitrogens with two attached hydrogens (primary N) is 2. The molecule has 0 unspecified atom stereocenters. The molecule has 37 heavy (non-hydrogen) atoms. The maximum atomic E-state index is 10.2. The number of allylic oxidation sites excluding steroid dienone is 2. The molecule has 194 valence electrons. The van der Waals surface area contributed by atoms with Gasteiger partial charge in [-0.2, -0.15) is 0 Å². The number of fused-ring (bicyclic) bond motifs is 4. The molecule has 3 aromatic heterocycles. The van der Waals surface area contributed by atoms with Crippen LogP contribution in [0.25, 0.3) is 23.2 Å². The third-order valence-corrected chi connectivity index (χ3v) is 7.96. The van der Waals surface area contributed by atoms with Gasteiger partial charge in [-0.05, 0) is 25.7 Å². The van der Waals surface area contributed by atoms with Crippen molar-refractivity contribution in [1.82, 2.24) is 19.9 Å². The van der Waals surface area contributed by atoms with Crippen molar-refractivity contribution >= 4 is 40.8 Å². The van der Waals surface area contributed by atoms with E-state index in [9.17, 15) is 4.79 Å². The number of nitrogen functional groups attached to an aromatic ring is 2. The molecule has 3 heterocycles. The van der Waals surface area contributed by atoms with Crippen LogP contribution in [-0.2, 0) is 17.6 Å². The molecular weight excluding hydrogens is 460 g/mol. The molecule has 7 rings (SSSR count). The van der Waals surface area contributed by atoms with Crippen LogP contribution in [0.3, 0.4) is 0 Å². The van der Waals surface area contributed by atoms with Crippen molar-refractivity contribution in [3.8, 4) is 0 Å². The van der Waals surface area contributed by atoms with Crippen molar-refractivity contribution < 1.29 is 4.79 Å². The highest BCUT2D eigenvalue weighted by atomic mass is 16.1. The third kappa shape index (κ3) is 5.76. The van der Waals surface area contributed by atoms with Gasteiger partial charge in [-0.25, -0.2) is 4.98 Å². The van der Waals surface area contributed by atoms with Gasteiger partial charge in [-0.15, -0.1) is 0 Å². The fraction of sp³-hybridized carbons (Fsp3) is 0.467. The molecule has 7 heteroatoms. The van der Waals surface area contributed by atoms with Crippen molar-refractivity contribution in [3.63, 3.8) is 0 Å². The Kier molecular flexibility index (Phi) is 7.97. The average molecular weight is 499 g/mol. The Bertz CT molecular complexity index is 1300. The molecule has 4 aliphatic carbocycles. The van der Waals surface area contributed by atoms with Gasteiger partial charge >= 0.3 is 0 Å². The highest BCUT2D eigenvalue weighted by Crippen LogP contribution is 2.33. The predicted molar refractivity (Wildman–Crippen MR) is 151 cm³/mol. The topological polar surface area (TPSA) is 124 Å². The lowest BCUT2D eigenvalue weighted by atomic mass is 9.89. The molecule has 0 amide bonds. The van der Waals surface area contributed by atoms with Crippen LogP contribution in [0.15, 0.2) is 24.5 Å². The third-order valence-electron chi connectivity index (χ3n) is 7.96. The van der Waals surface area contributed by atoms with Gasteiger partial charge in [-0.3, -0.25) is 9.97 Å². The first-order valence-electron chi connectivity index (χ1n) is 13.8. The SMILES string of the molecule is C1=Cc2c(ncc3[nH]c(C4CCCCC4)nc23)C1.Nc1cnc2c(c1N)C=CC2.O=CC1CCCCC1. The number of carbonyl (C=O) groups excluding carboxylic acids is 1. The minimum absolute atomic E-state index is 0.406. The summed E-state index contributed by atoms with van der Waals surface area (Å²) in [6.45, 7) is 0. The van der Waals surface area contributed by atoms with E-state index in [0.29, 0.717) is 23.2 Å². The number of pyridine rings is 2. The lowest BCUT2D eigenvalue weighted by Gasteiger charge is -2.18. The van der Waals surface area contributed by atoms with E-state index in [1.54, 1.807) is 6.20 Å². The number of aromatic amines is 1. The van der Waals surface area contributed by atoms with Crippen molar-refractivity contribution in [2.75, 3.05) is 11.5 Å². The molecule has 3 aromatic rings. The Morgan fingerprint density at radius 1 is 0.811 bits per heavy atom. The predicted octanol–water partition coefficient (Wildman–Crippen LogP) is 6.16. The quantitative estimate of drug-likeness (QED) is 0.364. The van der Waals surface area contributed by atoms with Gasteiger partial charge in [0.05, 0.1) is 46.2 Å². The molecule has 0 aliphatic heterocycles. The monoisotopic (exact) mass is 498 g/mol. The summed E-state index contributed by atoms with van der Waals surface area (Å²) in [7, 11) is 0. The van der Waals surface area contributed by atoms with Gasteiger partial charge in [0.1, 0.15) is 12.1 Å². The number of aromatic nitrogens is 4. The second-order valence-corrected chi connectivity index (χ2v) is 10.6. The maximum absolute atomic E-state index is 10.2. The Morgan fingerprint density at radius 2 is 1.43 bits per heavy atom. The van der Waals surface area contributed by atoms with Crippen molar-refractivity contribution in [3.05, 3.63) is 52.9 Å². The molecule has 0 saturated heterocycles. The molecule has 7 nitrogen and oxygen atoms in total. The number of anilines is 2. The van der Waals surface area contributed by atoms with E-state index >= 15 is 0 Å². The second kappa shape index (κ2) is 11.7. The van der Waals surface area contributed by atoms with Crippen LogP contribution in [0.4, 0.5) is 11.4 Å². The van der Waals surface area contributed by atoms with E-state index in [0.717, 1.165) is 54.3 Å². The highest BCUT2D eigenvalue weighted by molar-refractivity contribution is 5.87. The van der Waals surface area contributed by atoms with E-state index in [4.69, 9.17) is 16.5 Å². The molecule has 0 spiro atoms. The number of imidazole rings is 1. The van der Waals surface area contributed by atoms with Gasteiger partial charge in [0.15, 0.2) is 0 Å². The van der Waals surface area contributed by atoms with Crippen LogP contribution in [0.1, 0.15) is 98.5 Å². The Hall–Kier alpha value is -3.48. The van der Waals surface area contributed by atoms with Crippen LogP contribution in [0, 0.1) is 5.92 Å². The number of aldehydes is 1. The fourth-order valence-electron chi connectivity index (χ4n) is 5.75. The molecule has 0 aromatic carbocycles. The van der Waals surface area contributed by atoms with E-state index < -0.39 is 0 Å². The van der Waals surface area contributed by atoms with Gasteiger partial charge in [0.2, 0.25) is 0 Å².